The number of alkyl halides is 3. The van der Waals surface area contributed by atoms with Crippen LogP contribution in [0.5, 0.6) is 0 Å². The third-order valence-corrected chi connectivity index (χ3v) is 7.23. The Kier molecular flexibility index (Phi) is 6.41. The van der Waals surface area contributed by atoms with Crippen LogP contribution in [0.2, 0.25) is 0 Å². The lowest BCUT2D eigenvalue weighted by Crippen LogP contribution is -2.46. The summed E-state index contributed by atoms with van der Waals surface area (Å²) < 4.78 is 64.0. The number of Topliss-reactive ketones (excluding diaryl/α,β-unsaturated/α-hetero) is 1. The summed E-state index contributed by atoms with van der Waals surface area (Å²) in [7, 11) is -3.43. The second-order valence-electron chi connectivity index (χ2n) is 8.12. The number of hydrogen-bond acceptors (Lipinski definition) is 3. The van der Waals surface area contributed by atoms with Crippen molar-refractivity contribution in [2.75, 3.05) is 0 Å². The first-order chi connectivity index (χ1) is 12.3. The van der Waals surface area contributed by atoms with Gasteiger partial charge < -0.3 is 0 Å². The van der Waals surface area contributed by atoms with Gasteiger partial charge in [-0.25, -0.2) is 13.1 Å². The lowest BCUT2D eigenvalue weighted by Gasteiger charge is -2.30. The molecule has 0 aromatic heterocycles. The van der Waals surface area contributed by atoms with Gasteiger partial charge in [0, 0.05) is 18.4 Å². The third kappa shape index (κ3) is 5.78. The van der Waals surface area contributed by atoms with Gasteiger partial charge in [-0.15, -0.1) is 0 Å². The second-order valence-corrected chi connectivity index (χ2v) is 10.6. The van der Waals surface area contributed by atoms with E-state index in [1.54, 1.807) is 20.8 Å². The molecule has 0 amide bonds. The molecule has 1 fully saturated rings. The lowest BCUT2D eigenvalue weighted by molar-refractivity contribution is -0.137. The number of carbonyl (C=O) groups excluding carboxylic acids is 1. The van der Waals surface area contributed by atoms with E-state index in [9.17, 15) is 26.4 Å². The van der Waals surface area contributed by atoms with E-state index < -0.39 is 26.5 Å². The zero-order chi connectivity index (χ0) is 20.5. The van der Waals surface area contributed by atoms with Crippen LogP contribution in [0.15, 0.2) is 24.3 Å². The molecule has 0 atom stereocenters. The molecule has 2 rings (SSSR count). The standard InChI is InChI=1S/C19H26F3NO3S/c1-18(2,3)27(25,26)23-16-10-6-14(7-11-16)17(24)12-13-4-8-15(9-5-13)19(20,21)22/h4-5,8-9,14,16,23H,6-7,10-12H2,1-3H3. The van der Waals surface area contributed by atoms with Gasteiger partial charge in [0.15, 0.2) is 0 Å². The van der Waals surface area contributed by atoms with Crippen molar-refractivity contribution < 1.29 is 26.4 Å². The lowest BCUT2D eigenvalue weighted by atomic mass is 9.82. The second kappa shape index (κ2) is 7.91. The Balaban J connectivity index is 1.88. The zero-order valence-corrected chi connectivity index (χ0v) is 16.6. The number of nitrogens with one attached hydrogen (secondary N) is 1. The van der Waals surface area contributed by atoms with Gasteiger partial charge in [0.2, 0.25) is 10.0 Å². The molecular formula is C19H26F3NO3S. The number of rotatable bonds is 5. The Hall–Kier alpha value is -1.41. The molecule has 1 aliphatic rings. The van der Waals surface area contributed by atoms with Crippen LogP contribution in [0.25, 0.3) is 0 Å². The van der Waals surface area contributed by atoms with E-state index in [1.807, 2.05) is 0 Å². The molecule has 0 radical (unpaired) electrons. The van der Waals surface area contributed by atoms with Crippen molar-refractivity contribution in [3.05, 3.63) is 35.4 Å². The summed E-state index contributed by atoms with van der Waals surface area (Å²) in [5.41, 5.74) is -0.172. The Bertz CT molecular complexity index is 757. The third-order valence-electron chi connectivity index (χ3n) is 4.97. The van der Waals surface area contributed by atoms with Gasteiger partial charge in [0.1, 0.15) is 5.78 Å². The highest BCUT2D eigenvalue weighted by Gasteiger charge is 2.34. The average Bonchev–Trinajstić information content (AvgIpc) is 2.53. The average molecular weight is 405 g/mol. The van der Waals surface area contributed by atoms with E-state index in [2.05, 4.69) is 4.72 Å². The molecular weight excluding hydrogens is 379 g/mol. The summed E-state index contributed by atoms with van der Waals surface area (Å²) in [4.78, 5) is 12.4. The smallest absolute Gasteiger partial charge is 0.299 e. The van der Waals surface area contributed by atoms with Crippen molar-refractivity contribution in [2.45, 2.75) is 69.8 Å². The Morgan fingerprint density at radius 3 is 2.00 bits per heavy atom. The summed E-state index contributed by atoms with van der Waals surface area (Å²) >= 11 is 0. The van der Waals surface area contributed by atoms with E-state index in [0.717, 1.165) is 12.1 Å². The van der Waals surface area contributed by atoms with Gasteiger partial charge in [-0.1, -0.05) is 12.1 Å². The highest BCUT2D eigenvalue weighted by molar-refractivity contribution is 7.90. The molecule has 1 aromatic rings. The fourth-order valence-corrected chi connectivity index (χ4v) is 4.11. The minimum absolute atomic E-state index is 0.00751. The quantitative estimate of drug-likeness (QED) is 0.802. The first-order valence-corrected chi connectivity index (χ1v) is 10.5. The van der Waals surface area contributed by atoms with Gasteiger partial charge in [-0.05, 0) is 64.2 Å². The zero-order valence-electron chi connectivity index (χ0n) is 15.8. The maximum absolute atomic E-state index is 12.6. The number of ketones is 1. The van der Waals surface area contributed by atoms with E-state index in [1.165, 1.54) is 12.1 Å². The fourth-order valence-electron chi connectivity index (χ4n) is 3.09. The summed E-state index contributed by atoms with van der Waals surface area (Å²) in [6.07, 6.45) is -1.96. The first-order valence-electron chi connectivity index (χ1n) is 9.00. The molecule has 0 saturated heterocycles. The summed E-state index contributed by atoms with van der Waals surface area (Å²) in [6.45, 7) is 4.90. The Morgan fingerprint density at radius 2 is 1.56 bits per heavy atom. The van der Waals surface area contributed by atoms with Crippen LogP contribution in [0.3, 0.4) is 0 Å². The molecule has 0 bridgehead atoms. The number of halogens is 3. The van der Waals surface area contributed by atoms with Crippen LogP contribution in [-0.2, 0) is 27.4 Å². The van der Waals surface area contributed by atoms with Crippen LogP contribution >= 0.6 is 0 Å². The van der Waals surface area contributed by atoms with Gasteiger partial charge in [0.25, 0.3) is 0 Å². The van der Waals surface area contributed by atoms with Gasteiger partial charge in [-0.3, -0.25) is 4.79 Å². The van der Waals surface area contributed by atoms with Crippen LogP contribution in [0.4, 0.5) is 13.2 Å². The molecule has 1 N–H and O–H groups in total. The molecule has 8 heteroatoms. The van der Waals surface area contributed by atoms with E-state index in [0.29, 0.717) is 31.2 Å². The molecule has 0 heterocycles. The van der Waals surface area contributed by atoms with Crippen LogP contribution in [0.1, 0.15) is 57.6 Å². The molecule has 1 aromatic carbocycles. The topological polar surface area (TPSA) is 63.2 Å². The molecule has 1 saturated carbocycles. The van der Waals surface area contributed by atoms with Crippen LogP contribution in [-0.4, -0.2) is 25.0 Å². The van der Waals surface area contributed by atoms with E-state index in [-0.39, 0.29) is 24.2 Å². The number of carbonyl (C=O) groups is 1. The summed E-state index contributed by atoms with van der Waals surface area (Å²) in [5.74, 6) is -0.186. The largest absolute Gasteiger partial charge is 0.416 e. The molecule has 0 unspecified atom stereocenters. The minimum atomic E-state index is -4.39. The van der Waals surface area contributed by atoms with Gasteiger partial charge in [0.05, 0.1) is 10.3 Å². The van der Waals surface area contributed by atoms with E-state index >= 15 is 0 Å². The predicted molar refractivity (Wildman–Crippen MR) is 97.7 cm³/mol. The van der Waals surface area contributed by atoms with Crippen molar-refractivity contribution in [2.24, 2.45) is 5.92 Å². The summed E-state index contributed by atoms with van der Waals surface area (Å²) in [5, 5.41) is 0. The van der Waals surface area contributed by atoms with Crippen molar-refractivity contribution in [1.82, 2.24) is 4.72 Å². The van der Waals surface area contributed by atoms with E-state index in [4.69, 9.17) is 0 Å². The predicted octanol–water partition coefficient (Wildman–Crippen LogP) is 4.09. The number of sulfonamides is 1. The van der Waals surface area contributed by atoms with Crippen molar-refractivity contribution in [3.63, 3.8) is 0 Å². The van der Waals surface area contributed by atoms with Crippen molar-refractivity contribution in [1.29, 1.82) is 0 Å². The molecule has 0 aliphatic heterocycles. The molecule has 0 spiro atoms. The first kappa shape index (κ1) is 21.9. The normalized spacial score (nSPS) is 21.9. The Labute approximate surface area is 158 Å². The monoisotopic (exact) mass is 405 g/mol. The maximum Gasteiger partial charge on any atom is 0.416 e. The highest BCUT2D eigenvalue weighted by atomic mass is 32.2. The Morgan fingerprint density at radius 1 is 1.04 bits per heavy atom. The van der Waals surface area contributed by atoms with Gasteiger partial charge >= 0.3 is 6.18 Å². The fraction of sp³-hybridized carbons (Fsp3) is 0.632. The SMILES string of the molecule is CC(C)(C)S(=O)(=O)NC1CCC(C(=O)Cc2ccc(C(F)(F)F)cc2)CC1. The number of hydrogen-bond donors (Lipinski definition) is 1. The summed E-state index contributed by atoms with van der Waals surface area (Å²) in [6, 6.07) is 4.47. The maximum atomic E-state index is 12.6. The van der Waals surface area contributed by atoms with Crippen LogP contribution < -0.4 is 4.72 Å². The molecule has 4 nitrogen and oxygen atoms in total. The highest BCUT2D eigenvalue weighted by Crippen LogP contribution is 2.30. The molecule has 152 valence electrons. The molecule has 27 heavy (non-hydrogen) atoms. The molecule has 1 aliphatic carbocycles. The van der Waals surface area contributed by atoms with Crippen molar-refractivity contribution >= 4 is 15.8 Å². The van der Waals surface area contributed by atoms with Crippen LogP contribution in [0, 0.1) is 5.92 Å². The minimum Gasteiger partial charge on any atom is -0.299 e. The van der Waals surface area contributed by atoms with Gasteiger partial charge in [-0.2, -0.15) is 13.2 Å². The number of benzene rings is 1. The van der Waals surface area contributed by atoms with Crippen molar-refractivity contribution in [3.8, 4) is 0 Å².